The number of anilines is 1. The molecule has 4 rings (SSSR count). The van der Waals surface area contributed by atoms with Gasteiger partial charge in [-0.05, 0) is 79.2 Å². The molecule has 0 spiro atoms. The summed E-state index contributed by atoms with van der Waals surface area (Å²) in [5.74, 6) is -0.497. The Bertz CT molecular complexity index is 1250. The minimum absolute atomic E-state index is 0.162. The molecule has 1 saturated heterocycles. The van der Waals surface area contributed by atoms with Gasteiger partial charge in [-0.2, -0.15) is 0 Å². The second-order valence-electron chi connectivity index (χ2n) is 7.34. The fourth-order valence-electron chi connectivity index (χ4n) is 3.17. The zero-order valence-corrected chi connectivity index (χ0v) is 18.2. The van der Waals surface area contributed by atoms with Crippen LogP contribution in [-0.4, -0.2) is 28.5 Å². The maximum atomic E-state index is 13.1. The van der Waals surface area contributed by atoms with E-state index in [1.54, 1.807) is 24.3 Å². The SMILES string of the molecule is Cc1ccc(C)c(NC(=O)CN2C(=O)S/C(=C\c3ccc(-c4ccc(F)cc4)o3)C2=O)c1. The molecular weight excluding hydrogens is 431 g/mol. The Balaban J connectivity index is 1.45. The van der Waals surface area contributed by atoms with E-state index in [0.717, 1.165) is 27.8 Å². The van der Waals surface area contributed by atoms with Crippen LogP contribution in [0.1, 0.15) is 16.9 Å². The van der Waals surface area contributed by atoms with Gasteiger partial charge in [0.2, 0.25) is 5.91 Å². The highest BCUT2D eigenvalue weighted by Crippen LogP contribution is 2.33. The van der Waals surface area contributed by atoms with Crippen molar-refractivity contribution in [3.8, 4) is 11.3 Å². The molecule has 1 aromatic heterocycles. The highest BCUT2D eigenvalue weighted by Gasteiger charge is 2.36. The number of nitrogens with zero attached hydrogens (tertiary/aromatic N) is 1. The minimum atomic E-state index is -0.559. The summed E-state index contributed by atoms with van der Waals surface area (Å²) in [5, 5.41) is 2.22. The van der Waals surface area contributed by atoms with Crippen LogP contribution >= 0.6 is 11.8 Å². The van der Waals surface area contributed by atoms with Gasteiger partial charge in [-0.15, -0.1) is 0 Å². The average molecular weight is 450 g/mol. The largest absolute Gasteiger partial charge is 0.457 e. The topological polar surface area (TPSA) is 79.6 Å². The number of imide groups is 1. The number of carbonyl (C=O) groups is 3. The molecule has 1 fully saturated rings. The first-order valence-electron chi connectivity index (χ1n) is 9.78. The third-order valence-corrected chi connectivity index (χ3v) is 5.78. The Morgan fingerprint density at radius 2 is 1.84 bits per heavy atom. The molecule has 162 valence electrons. The number of rotatable bonds is 5. The van der Waals surface area contributed by atoms with Crippen molar-refractivity contribution in [1.29, 1.82) is 0 Å². The number of thioether (sulfide) groups is 1. The van der Waals surface area contributed by atoms with Crippen LogP contribution in [0.3, 0.4) is 0 Å². The van der Waals surface area contributed by atoms with Crippen LogP contribution in [0.15, 0.2) is 63.9 Å². The predicted molar refractivity (Wildman–Crippen MR) is 121 cm³/mol. The van der Waals surface area contributed by atoms with Gasteiger partial charge < -0.3 is 9.73 Å². The van der Waals surface area contributed by atoms with Crippen molar-refractivity contribution in [3.05, 3.63) is 82.2 Å². The van der Waals surface area contributed by atoms with E-state index >= 15 is 0 Å². The van der Waals surface area contributed by atoms with Crippen LogP contribution in [0, 0.1) is 19.7 Å². The van der Waals surface area contributed by atoms with E-state index in [2.05, 4.69) is 5.32 Å². The lowest BCUT2D eigenvalue weighted by Gasteiger charge is -2.14. The van der Waals surface area contributed by atoms with E-state index in [4.69, 9.17) is 4.42 Å². The van der Waals surface area contributed by atoms with Crippen LogP contribution < -0.4 is 5.32 Å². The summed E-state index contributed by atoms with van der Waals surface area (Å²) in [6.07, 6.45) is 1.46. The molecule has 3 amide bonds. The Labute approximate surface area is 188 Å². The lowest BCUT2D eigenvalue weighted by molar-refractivity contribution is -0.127. The molecule has 0 radical (unpaired) electrons. The molecule has 6 nitrogen and oxygen atoms in total. The number of halogens is 1. The molecule has 2 heterocycles. The number of carbonyl (C=O) groups excluding carboxylic acids is 3. The summed E-state index contributed by atoms with van der Waals surface area (Å²) >= 11 is 0.746. The van der Waals surface area contributed by atoms with Crippen LogP contribution in [0.2, 0.25) is 0 Å². The second-order valence-corrected chi connectivity index (χ2v) is 8.34. The Kier molecular flexibility index (Phi) is 5.96. The van der Waals surface area contributed by atoms with E-state index < -0.39 is 17.1 Å². The second kappa shape index (κ2) is 8.84. The van der Waals surface area contributed by atoms with Crippen molar-refractivity contribution in [2.75, 3.05) is 11.9 Å². The number of nitrogens with one attached hydrogen (secondary N) is 1. The lowest BCUT2D eigenvalue weighted by atomic mass is 10.1. The van der Waals surface area contributed by atoms with E-state index in [1.165, 1.54) is 18.2 Å². The molecule has 0 bridgehead atoms. The number of benzene rings is 2. The van der Waals surface area contributed by atoms with E-state index in [0.29, 0.717) is 22.8 Å². The summed E-state index contributed by atoms with van der Waals surface area (Å²) < 4.78 is 18.8. The third kappa shape index (κ3) is 4.65. The van der Waals surface area contributed by atoms with E-state index in [9.17, 15) is 18.8 Å². The molecule has 1 aliphatic heterocycles. The number of hydrogen-bond acceptors (Lipinski definition) is 5. The molecule has 0 saturated carbocycles. The third-order valence-electron chi connectivity index (χ3n) is 4.87. The fraction of sp³-hybridized carbons (Fsp3) is 0.125. The van der Waals surface area contributed by atoms with E-state index in [-0.39, 0.29) is 17.3 Å². The Morgan fingerprint density at radius 1 is 1.09 bits per heavy atom. The van der Waals surface area contributed by atoms with Gasteiger partial charge in [0.1, 0.15) is 23.9 Å². The summed E-state index contributed by atoms with van der Waals surface area (Å²) in [6, 6.07) is 14.8. The monoisotopic (exact) mass is 450 g/mol. The molecule has 3 aromatic rings. The maximum absolute atomic E-state index is 13.1. The molecule has 1 N–H and O–H groups in total. The van der Waals surface area contributed by atoms with Gasteiger partial charge in [0, 0.05) is 17.3 Å². The van der Waals surface area contributed by atoms with Crippen molar-refractivity contribution in [3.63, 3.8) is 0 Å². The van der Waals surface area contributed by atoms with Crippen molar-refractivity contribution in [1.82, 2.24) is 4.90 Å². The van der Waals surface area contributed by atoms with Crippen molar-refractivity contribution in [2.45, 2.75) is 13.8 Å². The first-order chi connectivity index (χ1) is 15.3. The number of furan rings is 1. The standard InChI is InChI=1S/C24H19FN2O4S/c1-14-3-4-15(2)19(11-14)26-22(28)13-27-23(29)21(32-24(27)30)12-18-9-10-20(31-18)16-5-7-17(25)8-6-16/h3-12H,13H2,1-2H3,(H,26,28)/b21-12-. The first kappa shape index (κ1) is 21.6. The summed E-state index contributed by atoms with van der Waals surface area (Å²) in [4.78, 5) is 38.5. The Hall–Kier alpha value is -3.65. The van der Waals surface area contributed by atoms with Crippen molar-refractivity contribution in [2.24, 2.45) is 0 Å². The molecule has 0 aliphatic carbocycles. The molecule has 0 unspecified atom stereocenters. The van der Waals surface area contributed by atoms with Crippen molar-refractivity contribution < 1.29 is 23.2 Å². The molecule has 0 atom stereocenters. The minimum Gasteiger partial charge on any atom is -0.457 e. The molecule has 1 aliphatic rings. The lowest BCUT2D eigenvalue weighted by Crippen LogP contribution is -2.36. The highest BCUT2D eigenvalue weighted by molar-refractivity contribution is 8.18. The van der Waals surface area contributed by atoms with Crippen LogP contribution in [0.5, 0.6) is 0 Å². The van der Waals surface area contributed by atoms with Gasteiger partial charge in [-0.1, -0.05) is 12.1 Å². The predicted octanol–water partition coefficient (Wildman–Crippen LogP) is 5.38. The number of hydrogen-bond donors (Lipinski definition) is 1. The molecular formula is C24H19FN2O4S. The van der Waals surface area contributed by atoms with Gasteiger partial charge in [0.25, 0.3) is 11.1 Å². The average Bonchev–Trinajstić information content (AvgIpc) is 3.32. The van der Waals surface area contributed by atoms with Gasteiger partial charge >= 0.3 is 0 Å². The summed E-state index contributed by atoms with van der Waals surface area (Å²) in [6.45, 7) is 3.39. The van der Waals surface area contributed by atoms with Crippen LogP contribution in [0.25, 0.3) is 17.4 Å². The zero-order valence-electron chi connectivity index (χ0n) is 17.3. The first-order valence-corrected chi connectivity index (χ1v) is 10.6. The molecule has 8 heteroatoms. The van der Waals surface area contributed by atoms with Crippen LogP contribution in [-0.2, 0) is 9.59 Å². The zero-order chi connectivity index (χ0) is 22.8. The number of amides is 3. The van der Waals surface area contributed by atoms with Crippen LogP contribution in [0.4, 0.5) is 14.9 Å². The maximum Gasteiger partial charge on any atom is 0.294 e. The van der Waals surface area contributed by atoms with Gasteiger partial charge in [0.15, 0.2) is 0 Å². The number of aryl methyl sites for hydroxylation is 2. The summed E-state index contributed by atoms with van der Waals surface area (Å²) in [7, 11) is 0. The fourth-order valence-corrected chi connectivity index (χ4v) is 3.99. The highest BCUT2D eigenvalue weighted by atomic mass is 32.2. The summed E-state index contributed by atoms with van der Waals surface area (Å²) in [5.41, 5.74) is 3.19. The Morgan fingerprint density at radius 3 is 2.59 bits per heavy atom. The van der Waals surface area contributed by atoms with Gasteiger partial charge in [-0.3, -0.25) is 19.3 Å². The molecule has 32 heavy (non-hydrogen) atoms. The normalized spacial score (nSPS) is 15.0. The van der Waals surface area contributed by atoms with E-state index in [1.807, 2.05) is 32.0 Å². The van der Waals surface area contributed by atoms with Gasteiger partial charge in [0.05, 0.1) is 4.91 Å². The van der Waals surface area contributed by atoms with Crippen molar-refractivity contribution >= 4 is 40.6 Å². The van der Waals surface area contributed by atoms with Gasteiger partial charge in [-0.25, -0.2) is 4.39 Å². The smallest absolute Gasteiger partial charge is 0.294 e. The molecule has 2 aromatic carbocycles. The quantitative estimate of drug-likeness (QED) is 0.528.